The fraction of sp³-hybridized carbons (Fsp3) is 0.400. The molecule has 0 radical (unpaired) electrons. The van der Waals surface area contributed by atoms with Crippen molar-refractivity contribution in [2.45, 2.75) is 13.5 Å². The lowest BCUT2D eigenvalue weighted by molar-refractivity contribution is 0.234. The predicted molar refractivity (Wildman–Crippen MR) is 82.3 cm³/mol. The molecule has 0 saturated carbocycles. The Morgan fingerprint density at radius 3 is 2.84 bits per heavy atom. The van der Waals surface area contributed by atoms with E-state index >= 15 is 0 Å². The fourth-order valence-electron chi connectivity index (χ4n) is 2.66. The van der Waals surface area contributed by atoms with E-state index in [9.17, 15) is 0 Å². The summed E-state index contributed by atoms with van der Waals surface area (Å²) in [6.07, 6.45) is 0. The molecule has 3 nitrogen and oxygen atoms in total. The van der Waals surface area contributed by atoms with Crippen LogP contribution in [0.5, 0.6) is 0 Å². The molecule has 0 bridgehead atoms. The SMILES string of the molecule is Cc1cc(CN2CCNCC2)c2cc(Br)ccc2n1. The Morgan fingerprint density at radius 1 is 1.26 bits per heavy atom. The molecule has 0 atom stereocenters. The molecule has 19 heavy (non-hydrogen) atoms. The van der Waals surface area contributed by atoms with Crippen molar-refractivity contribution in [1.29, 1.82) is 0 Å². The van der Waals surface area contributed by atoms with Gasteiger partial charge < -0.3 is 5.32 Å². The molecule has 1 aliphatic rings. The second kappa shape index (κ2) is 5.57. The number of piperazine rings is 1. The first-order chi connectivity index (χ1) is 9.22. The van der Waals surface area contributed by atoms with Gasteiger partial charge in [-0.2, -0.15) is 0 Å². The normalized spacial score (nSPS) is 16.9. The van der Waals surface area contributed by atoms with Gasteiger partial charge in [-0.05, 0) is 36.8 Å². The van der Waals surface area contributed by atoms with Gasteiger partial charge >= 0.3 is 0 Å². The van der Waals surface area contributed by atoms with Gasteiger partial charge in [0.05, 0.1) is 5.52 Å². The minimum atomic E-state index is 1.01. The molecule has 1 aliphatic heterocycles. The molecule has 4 heteroatoms. The Labute approximate surface area is 122 Å². The Hall–Kier alpha value is -0.970. The molecular formula is C15H18BrN3. The summed E-state index contributed by atoms with van der Waals surface area (Å²) in [4.78, 5) is 7.12. The lowest BCUT2D eigenvalue weighted by Gasteiger charge is -2.27. The number of rotatable bonds is 2. The van der Waals surface area contributed by atoms with Crippen molar-refractivity contribution in [3.8, 4) is 0 Å². The first-order valence-corrected chi connectivity index (χ1v) is 7.50. The van der Waals surface area contributed by atoms with Gasteiger partial charge in [0.15, 0.2) is 0 Å². The van der Waals surface area contributed by atoms with Gasteiger partial charge in [-0.15, -0.1) is 0 Å². The minimum absolute atomic E-state index is 1.01. The van der Waals surface area contributed by atoms with Crippen molar-refractivity contribution in [2.24, 2.45) is 0 Å². The van der Waals surface area contributed by atoms with E-state index in [-0.39, 0.29) is 0 Å². The molecule has 1 fully saturated rings. The standard InChI is InChI=1S/C15H18BrN3/c1-11-8-12(10-19-6-4-17-5-7-19)14-9-13(16)2-3-15(14)18-11/h2-3,8-9,17H,4-7,10H2,1H3. The summed E-state index contributed by atoms with van der Waals surface area (Å²) in [7, 11) is 0. The molecule has 2 heterocycles. The highest BCUT2D eigenvalue weighted by Gasteiger charge is 2.12. The van der Waals surface area contributed by atoms with Crippen LogP contribution in [0.4, 0.5) is 0 Å². The Bertz CT molecular complexity index is 591. The third kappa shape index (κ3) is 2.96. The van der Waals surface area contributed by atoms with Crippen LogP contribution in [0.15, 0.2) is 28.7 Å². The van der Waals surface area contributed by atoms with Crippen LogP contribution in [-0.4, -0.2) is 36.1 Å². The number of nitrogens with zero attached hydrogens (tertiary/aromatic N) is 2. The molecule has 1 aromatic carbocycles. The van der Waals surface area contributed by atoms with Crippen LogP contribution in [0.3, 0.4) is 0 Å². The summed E-state index contributed by atoms with van der Waals surface area (Å²) in [6, 6.07) is 8.55. The third-order valence-electron chi connectivity index (χ3n) is 3.59. The smallest absolute Gasteiger partial charge is 0.0709 e. The van der Waals surface area contributed by atoms with E-state index in [2.05, 4.69) is 62.3 Å². The summed E-state index contributed by atoms with van der Waals surface area (Å²) >= 11 is 3.56. The fourth-order valence-corrected chi connectivity index (χ4v) is 3.02. The number of nitrogens with one attached hydrogen (secondary N) is 1. The van der Waals surface area contributed by atoms with Crippen LogP contribution in [0.1, 0.15) is 11.3 Å². The van der Waals surface area contributed by atoms with Crippen molar-refractivity contribution < 1.29 is 0 Å². The molecule has 2 aromatic rings. The largest absolute Gasteiger partial charge is 0.314 e. The van der Waals surface area contributed by atoms with E-state index in [1.807, 2.05) is 0 Å². The molecule has 0 unspecified atom stereocenters. The van der Waals surface area contributed by atoms with Crippen LogP contribution in [0.2, 0.25) is 0 Å². The Balaban J connectivity index is 1.98. The summed E-state index contributed by atoms with van der Waals surface area (Å²) in [6.45, 7) is 7.51. The number of hydrogen-bond acceptors (Lipinski definition) is 3. The van der Waals surface area contributed by atoms with Gasteiger partial charge in [0.2, 0.25) is 0 Å². The second-order valence-corrected chi connectivity index (χ2v) is 6.03. The molecule has 3 rings (SSSR count). The third-order valence-corrected chi connectivity index (χ3v) is 4.08. The number of hydrogen-bond donors (Lipinski definition) is 1. The number of halogens is 1. The van der Waals surface area contributed by atoms with Gasteiger partial charge in [-0.1, -0.05) is 15.9 Å². The van der Waals surface area contributed by atoms with Crippen LogP contribution < -0.4 is 5.32 Å². The van der Waals surface area contributed by atoms with Crippen LogP contribution in [0, 0.1) is 6.92 Å². The molecule has 100 valence electrons. The average molecular weight is 320 g/mol. The summed E-state index contributed by atoms with van der Waals surface area (Å²) < 4.78 is 1.12. The second-order valence-electron chi connectivity index (χ2n) is 5.11. The Morgan fingerprint density at radius 2 is 2.05 bits per heavy atom. The number of benzene rings is 1. The number of pyridine rings is 1. The number of fused-ring (bicyclic) bond motifs is 1. The van der Waals surface area contributed by atoms with Crippen molar-refractivity contribution in [3.05, 3.63) is 40.0 Å². The van der Waals surface area contributed by atoms with E-state index in [1.54, 1.807) is 0 Å². The zero-order chi connectivity index (χ0) is 13.2. The molecule has 1 saturated heterocycles. The van der Waals surface area contributed by atoms with Gasteiger partial charge in [0.25, 0.3) is 0 Å². The highest BCUT2D eigenvalue weighted by Crippen LogP contribution is 2.24. The minimum Gasteiger partial charge on any atom is -0.314 e. The van der Waals surface area contributed by atoms with Gasteiger partial charge in [0, 0.05) is 48.3 Å². The highest BCUT2D eigenvalue weighted by molar-refractivity contribution is 9.10. The van der Waals surface area contributed by atoms with Crippen LogP contribution >= 0.6 is 15.9 Å². The quantitative estimate of drug-likeness (QED) is 0.922. The lowest BCUT2D eigenvalue weighted by atomic mass is 10.1. The first-order valence-electron chi connectivity index (χ1n) is 6.71. The average Bonchev–Trinajstić information content (AvgIpc) is 2.41. The van der Waals surface area contributed by atoms with Gasteiger partial charge in [-0.25, -0.2) is 0 Å². The van der Waals surface area contributed by atoms with Crippen molar-refractivity contribution in [1.82, 2.24) is 15.2 Å². The zero-order valence-corrected chi connectivity index (χ0v) is 12.7. The molecule has 0 amide bonds. The number of aromatic nitrogens is 1. The van der Waals surface area contributed by atoms with Crippen LogP contribution in [0.25, 0.3) is 10.9 Å². The monoisotopic (exact) mass is 319 g/mol. The summed E-state index contributed by atoms with van der Waals surface area (Å²) in [5.41, 5.74) is 3.57. The summed E-state index contributed by atoms with van der Waals surface area (Å²) in [5.74, 6) is 0. The maximum atomic E-state index is 4.62. The maximum Gasteiger partial charge on any atom is 0.0709 e. The van der Waals surface area contributed by atoms with E-state index in [0.717, 1.165) is 48.4 Å². The lowest BCUT2D eigenvalue weighted by Crippen LogP contribution is -2.42. The maximum absolute atomic E-state index is 4.62. The van der Waals surface area contributed by atoms with E-state index in [1.165, 1.54) is 10.9 Å². The molecule has 1 N–H and O–H groups in total. The van der Waals surface area contributed by atoms with Crippen molar-refractivity contribution >= 4 is 26.8 Å². The van der Waals surface area contributed by atoms with E-state index in [4.69, 9.17) is 0 Å². The van der Waals surface area contributed by atoms with E-state index in [0.29, 0.717) is 0 Å². The topological polar surface area (TPSA) is 28.2 Å². The van der Waals surface area contributed by atoms with Gasteiger partial charge in [-0.3, -0.25) is 9.88 Å². The Kier molecular flexibility index (Phi) is 3.82. The highest BCUT2D eigenvalue weighted by atomic mass is 79.9. The van der Waals surface area contributed by atoms with Crippen molar-refractivity contribution in [3.63, 3.8) is 0 Å². The predicted octanol–water partition coefficient (Wildman–Crippen LogP) is 2.71. The number of aryl methyl sites for hydroxylation is 1. The first kappa shape index (κ1) is 13.0. The van der Waals surface area contributed by atoms with Gasteiger partial charge in [0.1, 0.15) is 0 Å². The molecular weight excluding hydrogens is 302 g/mol. The zero-order valence-electron chi connectivity index (χ0n) is 11.1. The summed E-state index contributed by atoms with van der Waals surface area (Å²) in [5, 5.41) is 4.66. The molecule has 1 aromatic heterocycles. The molecule has 0 aliphatic carbocycles. The van der Waals surface area contributed by atoms with Crippen LogP contribution in [-0.2, 0) is 6.54 Å². The van der Waals surface area contributed by atoms with E-state index < -0.39 is 0 Å². The van der Waals surface area contributed by atoms with Crippen molar-refractivity contribution in [2.75, 3.05) is 26.2 Å². The molecule has 0 spiro atoms.